The molecule has 2 amide bonds. The molecule has 0 bridgehead atoms. The van der Waals surface area contributed by atoms with Crippen molar-refractivity contribution >= 4 is 11.8 Å². The Morgan fingerprint density at radius 2 is 2.10 bits per heavy atom. The van der Waals surface area contributed by atoms with Crippen LogP contribution < -0.4 is 10.1 Å². The van der Waals surface area contributed by atoms with E-state index in [2.05, 4.69) is 5.32 Å². The number of hydrogen-bond donors (Lipinski definition) is 1. The van der Waals surface area contributed by atoms with Crippen molar-refractivity contribution in [2.75, 3.05) is 6.61 Å². The average molecular weight is 274 g/mol. The minimum atomic E-state index is -0.474. The number of amides is 2. The fraction of sp³-hybridized carbons (Fsp3) is 0.467. The van der Waals surface area contributed by atoms with Crippen LogP contribution in [0.3, 0.4) is 0 Å². The van der Waals surface area contributed by atoms with E-state index in [1.165, 1.54) is 0 Å². The minimum absolute atomic E-state index is 0.0400. The molecule has 1 saturated heterocycles. The van der Waals surface area contributed by atoms with Crippen LogP contribution in [-0.4, -0.2) is 35.4 Å². The average Bonchev–Trinajstić information content (AvgIpc) is 2.86. The van der Waals surface area contributed by atoms with Gasteiger partial charge in [-0.3, -0.25) is 9.59 Å². The summed E-state index contributed by atoms with van der Waals surface area (Å²) < 4.78 is 5.65. The molecular formula is C15H18N2O3. The number of hydrogen-bond acceptors (Lipinski definition) is 3. The van der Waals surface area contributed by atoms with Gasteiger partial charge in [0.2, 0.25) is 11.8 Å². The Morgan fingerprint density at radius 3 is 2.85 bits per heavy atom. The second-order valence-electron chi connectivity index (χ2n) is 5.26. The van der Waals surface area contributed by atoms with Crippen LogP contribution in [0.2, 0.25) is 0 Å². The zero-order valence-corrected chi connectivity index (χ0v) is 11.6. The van der Waals surface area contributed by atoms with Gasteiger partial charge in [0.05, 0.1) is 6.04 Å². The molecule has 3 unspecified atom stereocenters. The summed E-state index contributed by atoms with van der Waals surface area (Å²) in [6, 6.07) is 6.64. The lowest BCUT2D eigenvalue weighted by molar-refractivity contribution is -0.152. The number of piperazine rings is 1. The Morgan fingerprint density at radius 1 is 1.35 bits per heavy atom. The second kappa shape index (κ2) is 4.81. The first-order valence-corrected chi connectivity index (χ1v) is 6.97. The lowest BCUT2D eigenvalue weighted by Crippen LogP contribution is -2.63. The zero-order chi connectivity index (χ0) is 14.3. The van der Waals surface area contributed by atoms with Crippen molar-refractivity contribution in [2.45, 2.75) is 38.4 Å². The van der Waals surface area contributed by atoms with Crippen molar-refractivity contribution in [1.29, 1.82) is 0 Å². The van der Waals surface area contributed by atoms with E-state index < -0.39 is 12.1 Å². The highest BCUT2D eigenvalue weighted by Gasteiger charge is 2.44. The zero-order valence-electron chi connectivity index (χ0n) is 11.6. The van der Waals surface area contributed by atoms with Gasteiger partial charge in [0.25, 0.3) is 0 Å². The normalized spacial score (nSPS) is 28.9. The summed E-state index contributed by atoms with van der Waals surface area (Å²) in [6.07, 6.45) is 0.600. The van der Waals surface area contributed by atoms with Gasteiger partial charge in [-0.2, -0.15) is 0 Å². The fourth-order valence-electron chi connectivity index (χ4n) is 3.00. The number of para-hydroxylation sites is 1. The number of nitrogens with one attached hydrogen (secondary N) is 1. The largest absolute Gasteiger partial charge is 0.491 e. The number of benzene rings is 1. The number of fused-ring (bicyclic) bond motifs is 1. The van der Waals surface area contributed by atoms with Gasteiger partial charge >= 0.3 is 0 Å². The molecule has 2 aliphatic rings. The van der Waals surface area contributed by atoms with Gasteiger partial charge in [0.1, 0.15) is 24.4 Å². The first kappa shape index (κ1) is 13.0. The van der Waals surface area contributed by atoms with Gasteiger partial charge in [0, 0.05) is 5.56 Å². The molecule has 3 rings (SSSR count). The molecule has 0 radical (unpaired) electrons. The molecule has 106 valence electrons. The molecule has 0 aromatic heterocycles. The first-order chi connectivity index (χ1) is 9.63. The van der Waals surface area contributed by atoms with E-state index >= 15 is 0 Å². The highest BCUT2D eigenvalue weighted by atomic mass is 16.5. The highest BCUT2D eigenvalue weighted by Crippen LogP contribution is 2.38. The summed E-state index contributed by atoms with van der Waals surface area (Å²) in [7, 11) is 0. The third kappa shape index (κ3) is 1.85. The third-order valence-corrected chi connectivity index (χ3v) is 4.02. The summed E-state index contributed by atoms with van der Waals surface area (Å²) in [6.45, 7) is 4.06. The number of ether oxygens (including phenoxy) is 1. The van der Waals surface area contributed by atoms with E-state index in [1.807, 2.05) is 31.2 Å². The van der Waals surface area contributed by atoms with Crippen molar-refractivity contribution < 1.29 is 14.3 Å². The van der Waals surface area contributed by atoms with Crippen molar-refractivity contribution in [1.82, 2.24) is 10.2 Å². The standard InChI is InChI=1S/C15H18N2O3/c1-3-11-14(18)16-9(2)15(19)17(11)12-8-20-13-7-5-4-6-10(12)13/h4-7,9,11-12H,3,8H2,1-2H3,(H,16,18). The minimum Gasteiger partial charge on any atom is -0.491 e. The summed E-state index contributed by atoms with van der Waals surface area (Å²) >= 11 is 0. The molecule has 1 aromatic carbocycles. The quantitative estimate of drug-likeness (QED) is 0.883. The maximum Gasteiger partial charge on any atom is 0.246 e. The number of nitrogens with zero attached hydrogens (tertiary/aromatic N) is 1. The number of carbonyl (C=O) groups excluding carboxylic acids is 2. The highest BCUT2D eigenvalue weighted by molar-refractivity contribution is 5.97. The molecule has 1 fully saturated rings. The Bertz CT molecular complexity index is 558. The second-order valence-corrected chi connectivity index (χ2v) is 5.26. The van der Waals surface area contributed by atoms with E-state index in [1.54, 1.807) is 11.8 Å². The van der Waals surface area contributed by atoms with E-state index in [-0.39, 0.29) is 17.9 Å². The SMILES string of the molecule is CCC1C(=O)NC(C)C(=O)N1C1COc2ccccc21. The molecule has 20 heavy (non-hydrogen) atoms. The van der Waals surface area contributed by atoms with Crippen LogP contribution in [-0.2, 0) is 9.59 Å². The summed E-state index contributed by atoms with van der Waals surface area (Å²) in [5.41, 5.74) is 0.987. The predicted molar refractivity (Wildman–Crippen MR) is 73.2 cm³/mol. The Hall–Kier alpha value is -2.04. The predicted octanol–water partition coefficient (Wildman–Crippen LogP) is 1.25. The maximum absolute atomic E-state index is 12.5. The van der Waals surface area contributed by atoms with Crippen LogP contribution in [0, 0.1) is 0 Å². The fourth-order valence-corrected chi connectivity index (χ4v) is 3.00. The van der Waals surface area contributed by atoms with Crippen molar-refractivity contribution in [3.05, 3.63) is 29.8 Å². The molecule has 0 spiro atoms. The number of rotatable bonds is 2. The summed E-state index contributed by atoms with van der Waals surface area (Å²) in [5, 5.41) is 2.74. The van der Waals surface area contributed by atoms with Crippen LogP contribution in [0.25, 0.3) is 0 Å². The summed E-state index contributed by atoms with van der Waals surface area (Å²) in [4.78, 5) is 26.3. The Kier molecular flexibility index (Phi) is 3.12. The lowest BCUT2D eigenvalue weighted by atomic mass is 9.99. The van der Waals surface area contributed by atoms with E-state index in [0.717, 1.165) is 11.3 Å². The van der Waals surface area contributed by atoms with Crippen molar-refractivity contribution in [3.8, 4) is 5.75 Å². The Balaban J connectivity index is 1.99. The Labute approximate surface area is 117 Å². The molecule has 1 N–H and O–H groups in total. The molecule has 1 aromatic rings. The maximum atomic E-state index is 12.5. The third-order valence-electron chi connectivity index (χ3n) is 4.02. The topological polar surface area (TPSA) is 58.6 Å². The smallest absolute Gasteiger partial charge is 0.246 e. The van der Waals surface area contributed by atoms with E-state index in [9.17, 15) is 9.59 Å². The number of carbonyl (C=O) groups is 2. The van der Waals surface area contributed by atoms with Crippen LogP contribution in [0.15, 0.2) is 24.3 Å². The molecular weight excluding hydrogens is 256 g/mol. The molecule has 3 atom stereocenters. The van der Waals surface area contributed by atoms with Crippen LogP contribution in [0.1, 0.15) is 31.9 Å². The lowest BCUT2D eigenvalue weighted by Gasteiger charge is -2.40. The van der Waals surface area contributed by atoms with E-state index in [4.69, 9.17) is 4.74 Å². The van der Waals surface area contributed by atoms with Gasteiger partial charge in [-0.15, -0.1) is 0 Å². The van der Waals surface area contributed by atoms with Gasteiger partial charge in [-0.25, -0.2) is 0 Å². The van der Waals surface area contributed by atoms with Crippen LogP contribution in [0.4, 0.5) is 0 Å². The van der Waals surface area contributed by atoms with Crippen molar-refractivity contribution in [2.24, 2.45) is 0 Å². The first-order valence-electron chi connectivity index (χ1n) is 6.97. The molecule has 5 heteroatoms. The molecule has 2 heterocycles. The molecule has 0 saturated carbocycles. The van der Waals surface area contributed by atoms with E-state index in [0.29, 0.717) is 13.0 Å². The van der Waals surface area contributed by atoms with Crippen molar-refractivity contribution in [3.63, 3.8) is 0 Å². The van der Waals surface area contributed by atoms with Crippen LogP contribution in [0.5, 0.6) is 5.75 Å². The summed E-state index contributed by atoms with van der Waals surface area (Å²) in [5.74, 6) is 0.685. The monoisotopic (exact) mass is 274 g/mol. The van der Waals surface area contributed by atoms with Gasteiger partial charge in [0.15, 0.2) is 0 Å². The molecule has 2 aliphatic heterocycles. The molecule has 5 nitrogen and oxygen atoms in total. The van der Waals surface area contributed by atoms with Gasteiger partial charge in [-0.05, 0) is 19.4 Å². The van der Waals surface area contributed by atoms with Gasteiger partial charge in [-0.1, -0.05) is 25.1 Å². The van der Waals surface area contributed by atoms with Crippen LogP contribution >= 0.6 is 0 Å². The molecule has 0 aliphatic carbocycles. The van der Waals surface area contributed by atoms with Gasteiger partial charge < -0.3 is 15.0 Å².